The van der Waals surface area contributed by atoms with Crippen molar-refractivity contribution in [3.8, 4) is 34.1 Å². The standard InChI is InChI=1S/C24H19N7O2/c1-33-20-12-6-5-11-18(20)22-26-24(29-28-22)27-23(32)19-15-31(17-9-3-2-4-10-17)30-21(19)16-8-7-13-25-14-16/h2-15H,1H3,(H2,26,27,28,29,32). The highest BCUT2D eigenvalue weighted by Crippen LogP contribution is 2.28. The number of rotatable bonds is 6. The van der Waals surface area contributed by atoms with Crippen LogP contribution < -0.4 is 10.1 Å². The highest BCUT2D eigenvalue weighted by molar-refractivity contribution is 6.07. The fourth-order valence-corrected chi connectivity index (χ4v) is 3.42. The lowest BCUT2D eigenvalue weighted by Gasteiger charge is -2.04. The number of amides is 1. The number of carbonyl (C=O) groups excluding carboxylic acids is 1. The molecule has 0 fully saturated rings. The fourth-order valence-electron chi connectivity index (χ4n) is 3.42. The predicted octanol–water partition coefficient (Wildman–Crippen LogP) is 3.98. The van der Waals surface area contributed by atoms with Gasteiger partial charge in [0.25, 0.3) is 5.91 Å². The van der Waals surface area contributed by atoms with Gasteiger partial charge in [0.05, 0.1) is 23.9 Å². The summed E-state index contributed by atoms with van der Waals surface area (Å²) in [5, 5.41) is 14.4. The number of hydrogen-bond donors (Lipinski definition) is 2. The molecule has 33 heavy (non-hydrogen) atoms. The van der Waals surface area contributed by atoms with E-state index in [0.29, 0.717) is 22.8 Å². The minimum Gasteiger partial charge on any atom is -0.496 e. The summed E-state index contributed by atoms with van der Waals surface area (Å²) in [5.74, 6) is 0.886. The van der Waals surface area contributed by atoms with Gasteiger partial charge in [-0.15, -0.1) is 5.10 Å². The Labute approximate surface area is 189 Å². The number of methoxy groups -OCH3 is 1. The number of hydrogen-bond acceptors (Lipinski definition) is 6. The highest BCUT2D eigenvalue weighted by Gasteiger charge is 2.21. The van der Waals surface area contributed by atoms with Gasteiger partial charge < -0.3 is 4.74 Å². The van der Waals surface area contributed by atoms with E-state index in [2.05, 4.69) is 30.6 Å². The summed E-state index contributed by atoms with van der Waals surface area (Å²) in [6, 6.07) is 20.6. The van der Waals surface area contributed by atoms with Crippen LogP contribution in [0.5, 0.6) is 5.75 Å². The molecule has 5 rings (SSSR count). The van der Waals surface area contributed by atoms with E-state index < -0.39 is 0 Å². The second-order valence-corrected chi connectivity index (χ2v) is 7.08. The Morgan fingerprint density at radius 3 is 2.64 bits per heavy atom. The molecule has 5 aromatic rings. The number of aromatic nitrogens is 6. The van der Waals surface area contributed by atoms with Crippen molar-refractivity contribution < 1.29 is 9.53 Å². The van der Waals surface area contributed by atoms with Crippen molar-refractivity contribution in [1.29, 1.82) is 0 Å². The molecule has 0 aliphatic heterocycles. The van der Waals surface area contributed by atoms with Crippen molar-refractivity contribution in [2.24, 2.45) is 0 Å². The molecule has 9 nitrogen and oxygen atoms in total. The fraction of sp³-hybridized carbons (Fsp3) is 0.0417. The zero-order valence-corrected chi connectivity index (χ0v) is 17.6. The molecule has 1 amide bonds. The van der Waals surface area contributed by atoms with Gasteiger partial charge in [-0.3, -0.25) is 20.2 Å². The van der Waals surface area contributed by atoms with E-state index >= 15 is 0 Å². The van der Waals surface area contributed by atoms with Gasteiger partial charge in [-0.25, -0.2) is 4.68 Å². The molecule has 0 radical (unpaired) electrons. The van der Waals surface area contributed by atoms with Crippen LogP contribution in [0.2, 0.25) is 0 Å². The lowest BCUT2D eigenvalue weighted by molar-refractivity contribution is 0.102. The van der Waals surface area contributed by atoms with Gasteiger partial charge in [0.15, 0.2) is 5.82 Å². The largest absolute Gasteiger partial charge is 0.496 e. The van der Waals surface area contributed by atoms with Crippen molar-refractivity contribution in [3.05, 3.63) is 90.9 Å². The third-order valence-corrected chi connectivity index (χ3v) is 4.99. The van der Waals surface area contributed by atoms with Gasteiger partial charge in [-0.2, -0.15) is 10.1 Å². The topological polar surface area (TPSA) is 111 Å². The van der Waals surface area contributed by atoms with Gasteiger partial charge in [-0.1, -0.05) is 30.3 Å². The third-order valence-electron chi connectivity index (χ3n) is 4.99. The molecule has 3 heterocycles. The zero-order chi connectivity index (χ0) is 22.6. The molecule has 0 saturated heterocycles. The van der Waals surface area contributed by atoms with Crippen LogP contribution in [0.1, 0.15) is 10.4 Å². The quantitative estimate of drug-likeness (QED) is 0.416. The maximum Gasteiger partial charge on any atom is 0.261 e. The molecule has 2 N–H and O–H groups in total. The lowest BCUT2D eigenvalue weighted by atomic mass is 10.1. The number of anilines is 1. The molecule has 0 aliphatic rings. The van der Waals surface area contributed by atoms with Crippen LogP contribution in [0.3, 0.4) is 0 Å². The summed E-state index contributed by atoms with van der Waals surface area (Å²) in [6.07, 6.45) is 5.02. The molecule has 0 bridgehead atoms. The molecule has 3 aromatic heterocycles. The van der Waals surface area contributed by atoms with Crippen molar-refractivity contribution in [3.63, 3.8) is 0 Å². The molecule has 0 saturated carbocycles. The maximum absolute atomic E-state index is 13.2. The molecule has 0 spiro atoms. The zero-order valence-electron chi connectivity index (χ0n) is 17.6. The Kier molecular flexibility index (Phi) is 5.34. The Morgan fingerprint density at radius 1 is 1.03 bits per heavy atom. The summed E-state index contributed by atoms with van der Waals surface area (Å²) in [5.41, 5.74) is 3.17. The van der Waals surface area contributed by atoms with E-state index in [1.807, 2.05) is 60.7 Å². The average molecular weight is 437 g/mol. The van der Waals surface area contributed by atoms with Gasteiger partial charge in [0.1, 0.15) is 11.4 Å². The van der Waals surface area contributed by atoms with Gasteiger partial charge >= 0.3 is 0 Å². The van der Waals surface area contributed by atoms with Gasteiger partial charge in [-0.05, 0) is 36.4 Å². The van der Waals surface area contributed by atoms with Crippen LogP contribution in [0.25, 0.3) is 28.3 Å². The minimum absolute atomic E-state index is 0.144. The van der Waals surface area contributed by atoms with Crippen LogP contribution in [0.15, 0.2) is 85.3 Å². The second kappa shape index (κ2) is 8.75. The van der Waals surface area contributed by atoms with E-state index in [9.17, 15) is 4.79 Å². The highest BCUT2D eigenvalue weighted by atomic mass is 16.5. The summed E-state index contributed by atoms with van der Waals surface area (Å²) in [7, 11) is 1.59. The molecule has 162 valence electrons. The first kappa shape index (κ1) is 20.1. The number of H-pyrrole nitrogens is 1. The maximum atomic E-state index is 13.2. The summed E-state index contributed by atoms with van der Waals surface area (Å²) in [4.78, 5) is 21.8. The SMILES string of the molecule is COc1ccccc1-c1nc(NC(=O)c2cn(-c3ccccc3)nc2-c2cccnc2)n[nH]1. The number of carbonyl (C=O) groups is 1. The van der Waals surface area contributed by atoms with Crippen LogP contribution >= 0.6 is 0 Å². The molecular formula is C24H19N7O2. The number of ether oxygens (including phenoxy) is 1. The van der Waals surface area contributed by atoms with Gasteiger partial charge in [0.2, 0.25) is 5.95 Å². The van der Waals surface area contributed by atoms with Crippen LogP contribution in [0.4, 0.5) is 5.95 Å². The van der Waals surface area contributed by atoms with E-state index in [0.717, 1.165) is 16.8 Å². The van der Waals surface area contributed by atoms with E-state index in [-0.39, 0.29) is 11.9 Å². The minimum atomic E-state index is -0.387. The summed E-state index contributed by atoms with van der Waals surface area (Å²) < 4.78 is 7.04. The van der Waals surface area contributed by atoms with Crippen molar-refractivity contribution >= 4 is 11.9 Å². The van der Waals surface area contributed by atoms with E-state index in [4.69, 9.17) is 4.74 Å². The first-order valence-electron chi connectivity index (χ1n) is 10.2. The third kappa shape index (κ3) is 4.07. The normalized spacial score (nSPS) is 10.7. The van der Waals surface area contributed by atoms with Crippen molar-refractivity contribution in [2.45, 2.75) is 0 Å². The molecule has 0 atom stereocenters. The Balaban J connectivity index is 1.48. The molecule has 2 aromatic carbocycles. The Hall–Kier alpha value is -4.79. The number of benzene rings is 2. The number of aromatic amines is 1. The monoisotopic (exact) mass is 437 g/mol. The second-order valence-electron chi connectivity index (χ2n) is 7.08. The number of para-hydroxylation sites is 2. The summed E-state index contributed by atoms with van der Waals surface area (Å²) in [6.45, 7) is 0. The molecule has 9 heteroatoms. The van der Waals surface area contributed by atoms with Crippen LogP contribution in [0, 0.1) is 0 Å². The van der Waals surface area contributed by atoms with E-state index in [1.54, 1.807) is 36.4 Å². The van der Waals surface area contributed by atoms with Crippen LogP contribution in [-0.4, -0.2) is 43.0 Å². The Morgan fingerprint density at radius 2 is 1.85 bits per heavy atom. The van der Waals surface area contributed by atoms with Crippen molar-refractivity contribution in [1.82, 2.24) is 29.9 Å². The molecular weight excluding hydrogens is 418 g/mol. The molecule has 0 aliphatic carbocycles. The Bertz CT molecular complexity index is 1390. The molecule has 0 unspecified atom stereocenters. The smallest absolute Gasteiger partial charge is 0.261 e. The average Bonchev–Trinajstić information content (AvgIpc) is 3.53. The number of nitrogens with zero attached hydrogens (tertiary/aromatic N) is 5. The van der Waals surface area contributed by atoms with Gasteiger partial charge in [0, 0.05) is 24.2 Å². The van der Waals surface area contributed by atoms with Crippen LogP contribution in [-0.2, 0) is 0 Å². The first-order chi connectivity index (χ1) is 16.2. The number of pyridine rings is 1. The van der Waals surface area contributed by atoms with E-state index in [1.165, 1.54) is 0 Å². The lowest BCUT2D eigenvalue weighted by Crippen LogP contribution is -2.13. The predicted molar refractivity (Wildman–Crippen MR) is 123 cm³/mol. The van der Waals surface area contributed by atoms with Crippen molar-refractivity contribution in [2.75, 3.05) is 12.4 Å². The number of nitrogens with one attached hydrogen (secondary N) is 2. The first-order valence-corrected chi connectivity index (χ1v) is 10.2. The summed E-state index contributed by atoms with van der Waals surface area (Å²) >= 11 is 0.